The Bertz CT molecular complexity index is 180. The van der Waals surface area contributed by atoms with E-state index < -0.39 is 0 Å². The first-order valence-electron chi connectivity index (χ1n) is 3.42. The van der Waals surface area contributed by atoms with E-state index in [0.717, 1.165) is 12.2 Å². The van der Waals surface area contributed by atoms with Gasteiger partial charge in [0.15, 0.2) is 0 Å². The van der Waals surface area contributed by atoms with Crippen molar-refractivity contribution in [1.29, 1.82) is 0 Å². The lowest BCUT2D eigenvalue weighted by Crippen LogP contribution is -2.12. The van der Waals surface area contributed by atoms with Gasteiger partial charge in [0.05, 0.1) is 0 Å². The average Bonchev–Trinajstić information content (AvgIpc) is 2.03. The fourth-order valence-electron chi connectivity index (χ4n) is 0.773. The summed E-state index contributed by atoms with van der Waals surface area (Å²) in [6.45, 7) is 1.51. The van der Waals surface area contributed by atoms with Crippen molar-refractivity contribution in [2.45, 2.75) is 0 Å². The van der Waals surface area contributed by atoms with Gasteiger partial charge in [-0.25, -0.2) is 0 Å². The van der Waals surface area contributed by atoms with Crippen molar-refractivity contribution >= 4 is 39.7 Å². The van der Waals surface area contributed by atoms with Crippen molar-refractivity contribution in [3.63, 3.8) is 0 Å². The summed E-state index contributed by atoms with van der Waals surface area (Å²) in [5, 5.41) is 3.17. The third-order valence-electron chi connectivity index (χ3n) is 1.25. The number of benzene rings is 1. The van der Waals surface area contributed by atoms with Crippen LogP contribution in [0.2, 0.25) is 0 Å². The standard InChI is InChI=1S/C8H12N2.2BrH/c9-6-7-10-8-4-2-1-3-5-8;;/h1-5,10H,6-7,9H2;2*1H. The number of nitrogens with one attached hydrogen (secondary N) is 1. The molecule has 0 aliphatic rings. The molecule has 3 N–H and O–H groups in total. The highest BCUT2D eigenvalue weighted by Gasteiger charge is 1.84. The number of rotatable bonds is 3. The second kappa shape index (κ2) is 9.03. The van der Waals surface area contributed by atoms with E-state index in [9.17, 15) is 0 Å². The van der Waals surface area contributed by atoms with Crippen LogP contribution in [-0.2, 0) is 0 Å². The smallest absolute Gasteiger partial charge is 0.0340 e. The normalized spacial score (nSPS) is 7.75. The van der Waals surface area contributed by atoms with Crippen LogP contribution < -0.4 is 11.1 Å². The van der Waals surface area contributed by atoms with E-state index in [2.05, 4.69) is 5.32 Å². The summed E-state index contributed by atoms with van der Waals surface area (Å²) in [6.07, 6.45) is 0. The van der Waals surface area contributed by atoms with Gasteiger partial charge in [-0.3, -0.25) is 0 Å². The highest BCUT2D eigenvalue weighted by atomic mass is 79.9. The summed E-state index contributed by atoms with van der Waals surface area (Å²) in [5.74, 6) is 0. The first kappa shape index (κ1) is 14.5. The molecular formula is C8H14Br2N2. The molecule has 0 aromatic heterocycles. The average molecular weight is 298 g/mol. The Balaban J connectivity index is 0. The van der Waals surface area contributed by atoms with Gasteiger partial charge >= 0.3 is 0 Å². The number of hydrogen-bond acceptors (Lipinski definition) is 2. The molecule has 4 heteroatoms. The van der Waals surface area contributed by atoms with Crippen molar-refractivity contribution in [3.05, 3.63) is 30.3 Å². The maximum absolute atomic E-state index is 5.31. The molecule has 0 saturated carbocycles. The van der Waals surface area contributed by atoms with Crippen LogP contribution in [0.4, 0.5) is 5.69 Å². The summed E-state index contributed by atoms with van der Waals surface area (Å²) in [6, 6.07) is 10.0. The number of anilines is 1. The number of para-hydroxylation sites is 1. The third-order valence-corrected chi connectivity index (χ3v) is 1.25. The topological polar surface area (TPSA) is 38.0 Å². The molecule has 70 valence electrons. The first-order valence-corrected chi connectivity index (χ1v) is 3.42. The lowest BCUT2D eigenvalue weighted by atomic mass is 10.3. The van der Waals surface area contributed by atoms with Gasteiger partial charge in [0.2, 0.25) is 0 Å². The summed E-state index contributed by atoms with van der Waals surface area (Å²) >= 11 is 0. The zero-order valence-electron chi connectivity index (χ0n) is 6.69. The summed E-state index contributed by atoms with van der Waals surface area (Å²) in [7, 11) is 0. The van der Waals surface area contributed by atoms with Crippen LogP contribution >= 0.6 is 34.0 Å². The van der Waals surface area contributed by atoms with Crippen molar-refractivity contribution in [3.8, 4) is 0 Å². The second-order valence-corrected chi connectivity index (χ2v) is 2.08. The van der Waals surface area contributed by atoms with Gasteiger partial charge < -0.3 is 11.1 Å². The molecule has 0 amide bonds. The maximum atomic E-state index is 5.31. The van der Waals surface area contributed by atoms with E-state index in [1.165, 1.54) is 0 Å². The third kappa shape index (κ3) is 5.57. The van der Waals surface area contributed by atoms with E-state index in [0.29, 0.717) is 6.54 Å². The van der Waals surface area contributed by atoms with Crippen molar-refractivity contribution in [1.82, 2.24) is 0 Å². The molecule has 0 unspecified atom stereocenters. The molecule has 1 aromatic rings. The fourth-order valence-corrected chi connectivity index (χ4v) is 0.773. The molecule has 12 heavy (non-hydrogen) atoms. The molecule has 0 spiro atoms. The molecular weight excluding hydrogens is 284 g/mol. The summed E-state index contributed by atoms with van der Waals surface area (Å²) in [5.41, 5.74) is 6.45. The van der Waals surface area contributed by atoms with E-state index in [4.69, 9.17) is 5.73 Å². The molecule has 1 rings (SSSR count). The quantitative estimate of drug-likeness (QED) is 0.898. The van der Waals surface area contributed by atoms with Gasteiger partial charge in [0, 0.05) is 18.8 Å². The van der Waals surface area contributed by atoms with Crippen LogP contribution in [0.5, 0.6) is 0 Å². The van der Waals surface area contributed by atoms with Crippen molar-refractivity contribution in [2.24, 2.45) is 5.73 Å². The minimum atomic E-state index is 0. The minimum Gasteiger partial charge on any atom is -0.384 e. The van der Waals surface area contributed by atoms with Gasteiger partial charge in [-0.15, -0.1) is 34.0 Å². The molecule has 0 aliphatic heterocycles. The van der Waals surface area contributed by atoms with Gasteiger partial charge in [0.1, 0.15) is 0 Å². The van der Waals surface area contributed by atoms with Crippen LogP contribution in [0.15, 0.2) is 30.3 Å². The molecule has 0 heterocycles. The molecule has 0 atom stereocenters. The molecule has 0 radical (unpaired) electrons. The fraction of sp³-hybridized carbons (Fsp3) is 0.250. The Hall–Kier alpha value is -0.0600. The van der Waals surface area contributed by atoms with E-state index in [1.807, 2.05) is 30.3 Å². The highest BCUT2D eigenvalue weighted by molar-refractivity contribution is 8.93. The Labute approximate surface area is 94.1 Å². The summed E-state index contributed by atoms with van der Waals surface area (Å²) in [4.78, 5) is 0. The minimum absolute atomic E-state index is 0. The zero-order chi connectivity index (χ0) is 7.23. The lowest BCUT2D eigenvalue weighted by Gasteiger charge is -2.01. The van der Waals surface area contributed by atoms with Gasteiger partial charge in [-0.05, 0) is 12.1 Å². The molecule has 0 bridgehead atoms. The second-order valence-electron chi connectivity index (χ2n) is 2.08. The van der Waals surface area contributed by atoms with Crippen molar-refractivity contribution in [2.75, 3.05) is 18.4 Å². The Morgan fingerprint density at radius 3 is 2.17 bits per heavy atom. The predicted octanol–water partition coefficient (Wildman–Crippen LogP) is 2.21. The Morgan fingerprint density at radius 2 is 1.67 bits per heavy atom. The zero-order valence-corrected chi connectivity index (χ0v) is 10.1. The Morgan fingerprint density at radius 1 is 1.08 bits per heavy atom. The SMILES string of the molecule is Br.Br.NCCNc1ccccc1. The van der Waals surface area contributed by atoms with Crippen LogP contribution in [0.3, 0.4) is 0 Å². The van der Waals surface area contributed by atoms with Crippen molar-refractivity contribution < 1.29 is 0 Å². The maximum Gasteiger partial charge on any atom is 0.0340 e. The van der Waals surface area contributed by atoms with Gasteiger partial charge in [-0.2, -0.15) is 0 Å². The number of nitrogens with two attached hydrogens (primary N) is 1. The molecule has 2 nitrogen and oxygen atoms in total. The molecule has 0 aliphatic carbocycles. The number of halogens is 2. The van der Waals surface area contributed by atoms with E-state index in [-0.39, 0.29) is 34.0 Å². The largest absolute Gasteiger partial charge is 0.384 e. The van der Waals surface area contributed by atoms with Gasteiger partial charge in [0.25, 0.3) is 0 Å². The van der Waals surface area contributed by atoms with Crippen LogP contribution in [0.25, 0.3) is 0 Å². The summed E-state index contributed by atoms with van der Waals surface area (Å²) < 4.78 is 0. The van der Waals surface area contributed by atoms with E-state index in [1.54, 1.807) is 0 Å². The van der Waals surface area contributed by atoms with E-state index >= 15 is 0 Å². The monoisotopic (exact) mass is 296 g/mol. The number of hydrogen-bond donors (Lipinski definition) is 2. The van der Waals surface area contributed by atoms with Crippen LogP contribution in [-0.4, -0.2) is 13.1 Å². The highest BCUT2D eigenvalue weighted by Crippen LogP contribution is 2.02. The lowest BCUT2D eigenvalue weighted by molar-refractivity contribution is 1.02. The Kier molecular flexibility index (Phi) is 10.9. The molecule has 1 aromatic carbocycles. The van der Waals surface area contributed by atoms with Gasteiger partial charge in [-0.1, -0.05) is 18.2 Å². The molecule has 0 fully saturated rings. The predicted molar refractivity (Wildman–Crippen MR) is 64.6 cm³/mol. The van der Waals surface area contributed by atoms with Crippen LogP contribution in [0, 0.1) is 0 Å². The van der Waals surface area contributed by atoms with Crippen LogP contribution in [0.1, 0.15) is 0 Å². The first-order chi connectivity index (χ1) is 4.93. The molecule has 0 saturated heterocycles.